The Balaban J connectivity index is 1.35. The summed E-state index contributed by atoms with van der Waals surface area (Å²) in [6.45, 7) is 3.24. The lowest BCUT2D eigenvalue weighted by Crippen LogP contribution is -2.46. The van der Waals surface area contributed by atoms with Crippen LogP contribution in [-0.4, -0.2) is 52.7 Å². The van der Waals surface area contributed by atoms with E-state index in [9.17, 15) is 4.79 Å². The number of hydrogen-bond donors (Lipinski definition) is 1. The number of carbonyl (C=O) groups excluding carboxylic acids is 1. The molecule has 0 spiro atoms. The molecule has 0 radical (unpaired) electrons. The molecule has 2 heterocycles. The van der Waals surface area contributed by atoms with Crippen molar-refractivity contribution in [3.8, 4) is 5.75 Å². The maximum Gasteiger partial charge on any atom is 0.247 e. The average Bonchev–Trinajstić information content (AvgIpc) is 2.79. The van der Waals surface area contributed by atoms with Crippen LogP contribution in [0.15, 0.2) is 60.8 Å². The highest BCUT2D eigenvalue weighted by molar-refractivity contribution is 5.57. The SMILES string of the molecule is O=CN1CCN(c2nncc(Nc3ccc(OCc4ccccc4)cc3)n2)CC1. The van der Waals surface area contributed by atoms with Crippen LogP contribution in [0.25, 0.3) is 0 Å². The molecule has 1 N–H and O–H groups in total. The molecular weight excluding hydrogens is 368 g/mol. The fourth-order valence-corrected chi connectivity index (χ4v) is 3.04. The highest BCUT2D eigenvalue weighted by Gasteiger charge is 2.18. The first-order chi connectivity index (χ1) is 14.3. The topological polar surface area (TPSA) is 83.5 Å². The Morgan fingerprint density at radius 3 is 2.48 bits per heavy atom. The van der Waals surface area contributed by atoms with E-state index in [-0.39, 0.29) is 0 Å². The summed E-state index contributed by atoms with van der Waals surface area (Å²) in [6.07, 6.45) is 2.46. The zero-order chi connectivity index (χ0) is 19.9. The Hall–Kier alpha value is -3.68. The van der Waals surface area contributed by atoms with Crippen molar-refractivity contribution in [3.63, 3.8) is 0 Å². The van der Waals surface area contributed by atoms with Gasteiger partial charge in [0, 0.05) is 31.9 Å². The lowest BCUT2D eigenvalue weighted by atomic mass is 10.2. The molecule has 0 unspecified atom stereocenters. The lowest BCUT2D eigenvalue weighted by Gasteiger charge is -2.32. The second kappa shape index (κ2) is 9.01. The van der Waals surface area contributed by atoms with E-state index >= 15 is 0 Å². The van der Waals surface area contributed by atoms with Gasteiger partial charge in [-0.3, -0.25) is 4.79 Å². The Kier molecular flexibility index (Phi) is 5.80. The van der Waals surface area contributed by atoms with Gasteiger partial charge in [0.1, 0.15) is 12.4 Å². The van der Waals surface area contributed by atoms with Crippen LogP contribution in [0.5, 0.6) is 5.75 Å². The van der Waals surface area contributed by atoms with E-state index in [1.54, 1.807) is 11.1 Å². The highest BCUT2D eigenvalue weighted by atomic mass is 16.5. The number of aromatic nitrogens is 3. The first kappa shape index (κ1) is 18.7. The van der Waals surface area contributed by atoms with E-state index in [2.05, 4.69) is 20.5 Å². The number of nitrogens with zero attached hydrogens (tertiary/aromatic N) is 5. The molecule has 2 aromatic carbocycles. The molecule has 8 nitrogen and oxygen atoms in total. The first-order valence-corrected chi connectivity index (χ1v) is 9.48. The van der Waals surface area contributed by atoms with E-state index in [1.165, 1.54) is 0 Å². The maximum atomic E-state index is 10.8. The molecule has 1 aromatic heterocycles. The third-order valence-electron chi connectivity index (χ3n) is 4.67. The van der Waals surface area contributed by atoms with E-state index in [4.69, 9.17) is 4.74 Å². The van der Waals surface area contributed by atoms with Crippen LogP contribution in [0.2, 0.25) is 0 Å². The van der Waals surface area contributed by atoms with Crippen molar-refractivity contribution in [1.82, 2.24) is 20.1 Å². The van der Waals surface area contributed by atoms with Gasteiger partial charge >= 0.3 is 0 Å². The molecule has 148 valence electrons. The van der Waals surface area contributed by atoms with Crippen LogP contribution in [-0.2, 0) is 11.4 Å². The Morgan fingerprint density at radius 1 is 1.00 bits per heavy atom. The molecule has 0 aliphatic carbocycles. The fraction of sp³-hybridized carbons (Fsp3) is 0.238. The number of amides is 1. The van der Waals surface area contributed by atoms with Gasteiger partial charge in [-0.15, -0.1) is 5.10 Å². The van der Waals surface area contributed by atoms with Crippen LogP contribution < -0.4 is 15.0 Å². The van der Waals surface area contributed by atoms with E-state index < -0.39 is 0 Å². The van der Waals surface area contributed by atoms with Crippen LogP contribution >= 0.6 is 0 Å². The van der Waals surface area contributed by atoms with Crippen LogP contribution in [0.4, 0.5) is 17.5 Å². The number of nitrogens with one attached hydrogen (secondary N) is 1. The van der Waals surface area contributed by atoms with Crippen molar-refractivity contribution in [2.45, 2.75) is 6.61 Å². The number of anilines is 3. The van der Waals surface area contributed by atoms with Gasteiger partial charge in [0.25, 0.3) is 0 Å². The molecule has 8 heteroatoms. The minimum Gasteiger partial charge on any atom is -0.489 e. The van der Waals surface area contributed by atoms with Crippen molar-refractivity contribution in [2.24, 2.45) is 0 Å². The quantitative estimate of drug-likeness (QED) is 0.621. The summed E-state index contributed by atoms with van der Waals surface area (Å²) in [4.78, 5) is 19.2. The number of hydrogen-bond acceptors (Lipinski definition) is 7. The molecule has 1 saturated heterocycles. The van der Waals surface area contributed by atoms with Crippen molar-refractivity contribution in [3.05, 3.63) is 66.4 Å². The molecule has 4 rings (SSSR count). The summed E-state index contributed by atoms with van der Waals surface area (Å²) in [5.41, 5.74) is 2.01. The maximum absolute atomic E-state index is 10.8. The van der Waals surface area contributed by atoms with Gasteiger partial charge in [0.15, 0.2) is 5.82 Å². The number of carbonyl (C=O) groups is 1. The van der Waals surface area contributed by atoms with Crippen LogP contribution in [0.3, 0.4) is 0 Å². The number of ether oxygens (including phenoxy) is 1. The zero-order valence-corrected chi connectivity index (χ0v) is 15.9. The van der Waals surface area contributed by atoms with Crippen molar-refractivity contribution < 1.29 is 9.53 Å². The van der Waals surface area contributed by atoms with Gasteiger partial charge < -0.3 is 19.9 Å². The third kappa shape index (κ3) is 4.98. The Labute approximate surface area is 169 Å². The minimum atomic E-state index is 0.532. The second-order valence-corrected chi connectivity index (χ2v) is 6.69. The Morgan fingerprint density at radius 2 is 1.76 bits per heavy atom. The van der Waals surface area contributed by atoms with Gasteiger partial charge in [-0.25, -0.2) is 0 Å². The smallest absolute Gasteiger partial charge is 0.247 e. The van der Waals surface area contributed by atoms with Crippen molar-refractivity contribution >= 4 is 23.9 Å². The van der Waals surface area contributed by atoms with Crippen molar-refractivity contribution in [2.75, 3.05) is 36.4 Å². The van der Waals surface area contributed by atoms with E-state index in [0.717, 1.165) is 23.4 Å². The molecule has 29 heavy (non-hydrogen) atoms. The van der Waals surface area contributed by atoms with E-state index in [1.807, 2.05) is 59.5 Å². The summed E-state index contributed by atoms with van der Waals surface area (Å²) in [7, 11) is 0. The van der Waals surface area contributed by atoms with Crippen LogP contribution in [0, 0.1) is 0 Å². The minimum absolute atomic E-state index is 0.532. The summed E-state index contributed by atoms with van der Waals surface area (Å²) in [5.74, 6) is 1.98. The third-order valence-corrected chi connectivity index (χ3v) is 4.67. The second-order valence-electron chi connectivity index (χ2n) is 6.69. The van der Waals surface area contributed by atoms with E-state index in [0.29, 0.717) is 44.6 Å². The monoisotopic (exact) mass is 390 g/mol. The largest absolute Gasteiger partial charge is 0.489 e. The number of piperazine rings is 1. The molecule has 0 atom stereocenters. The lowest BCUT2D eigenvalue weighted by molar-refractivity contribution is -0.118. The molecule has 0 bridgehead atoms. The van der Waals surface area contributed by atoms with Gasteiger partial charge in [0.2, 0.25) is 12.4 Å². The van der Waals surface area contributed by atoms with Gasteiger partial charge in [-0.2, -0.15) is 10.1 Å². The highest BCUT2D eigenvalue weighted by Crippen LogP contribution is 2.20. The first-order valence-electron chi connectivity index (χ1n) is 9.48. The average molecular weight is 390 g/mol. The molecule has 3 aromatic rings. The number of rotatable bonds is 7. The summed E-state index contributed by atoms with van der Waals surface area (Å²) < 4.78 is 5.81. The predicted molar refractivity (Wildman–Crippen MR) is 110 cm³/mol. The molecular formula is C21H22N6O2. The predicted octanol–water partition coefficient (Wildman–Crippen LogP) is 2.47. The molecule has 0 saturated carbocycles. The number of benzene rings is 2. The molecule has 1 aliphatic heterocycles. The zero-order valence-electron chi connectivity index (χ0n) is 15.9. The fourth-order valence-electron chi connectivity index (χ4n) is 3.04. The normalized spacial score (nSPS) is 13.8. The van der Waals surface area contributed by atoms with Gasteiger partial charge in [-0.1, -0.05) is 30.3 Å². The van der Waals surface area contributed by atoms with Crippen molar-refractivity contribution in [1.29, 1.82) is 0 Å². The standard InChI is InChI=1S/C21H22N6O2/c28-16-26-10-12-27(13-11-26)21-24-20(14-22-25-21)23-18-6-8-19(9-7-18)29-15-17-4-2-1-3-5-17/h1-9,14,16H,10-13,15H2,(H,23,24,25). The summed E-state index contributed by atoms with van der Waals surface area (Å²) in [6, 6.07) is 17.8. The van der Waals surface area contributed by atoms with Gasteiger partial charge in [-0.05, 0) is 29.8 Å². The van der Waals surface area contributed by atoms with Gasteiger partial charge in [0.05, 0.1) is 6.20 Å². The van der Waals surface area contributed by atoms with Crippen LogP contribution in [0.1, 0.15) is 5.56 Å². The molecule has 1 fully saturated rings. The molecule has 1 amide bonds. The summed E-state index contributed by atoms with van der Waals surface area (Å²) in [5, 5.41) is 11.4. The summed E-state index contributed by atoms with van der Waals surface area (Å²) >= 11 is 0. The Bertz CT molecular complexity index is 927. The molecule has 1 aliphatic rings.